The molecule has 0 bridgehead atoms. The highest BCUT2D eigenvalue weighted by Crippen LogP contribution is 2.30. The highest BCUT2D eigenvalue weighted by molar-refractivity contribution is 5.96. The van der Waals surface area contributed by atoms with Gasteiger partial charge in [-0.25, -0.2) is 0 Å². The predicted molar refractivity (Wildman–Crippen MR) is 94.8 cm³/mol. The van der Waals surface area contributed by atoms with Crippen LogP contribution in [0.15, 0.2) is 18.2 Å². The normalized spacial score (nSPS) is 21.3. The molecule has 2 heterocycles. The molecular formula is C17H26ClN3O2. The summed E-state index contributed by atoms with van der Waals surface area (Å²) in [6.07, 6.45) is 2.03. The van der Waals surface area contributed by atoms with E-state index in [1.165, 1.54) is 5.56 Å². The highest BCUT2D eigenvalue weighted by atomic mass is 35.5. The fourth-order valence-corrected chi connectivity index (χ4v) is 3.34. The van der Waals surface area contributed by atoms with Gasteiger partial charge < -0.3 is 15.0 Å². The van der Waals surface area contributed by atoms with Crippen molar-refractivity contribution in [3.63, 3.8) is 0 Å². The molecule has 1 N–H and O–H groups in total. The van der Waals surface area contributed by atoms with Gasteiger partial charge in [0, 0.05) is 37.9 Å². The van der Waals surface area contributed by atoms with Crippen molar-refractivity contribution in [1.82, 2.24) is 10.2 Å². The molecule has 128 valence electrons. The van der Waals surface area contributed by atoms with Crippen LogP contribution in [0, 0.1) is 0 Å². The fourth-order valence-electron chi connectivity index (χ4n) is 3.34. The van der Waals surface area contributed by atoms with E-state index in [1.807, 2.05) is 17.0 Å². The molecule has 23 heavy (non-hydrogen) atoms. The van der Waals surface area contributed by atoms with Gasteiger partial charge in [-0.2, -0.15) is 0 Å². The summed E-state index contributed by atoms with van der Waals surface area (Å²) in [5, 5.41) is 3.37. The van der Waals surface area contributed by atoms with Crippen molar-refractivity contribution in [2.75, 3.05) is 44.7 Å². The molecule has 0 saturated carbocycles. The standard InChI is InChI=1S/C17H25N3O2.ClH/c1-13-11-18-7-9-19(13)12-17(21)20-8-3-4-14-10-15(22-2)5-6-16(14)20;/h5-6,10,13,18H,3-4,7-9,11-12H2,1-2H3;1H/t13-;/m0./s1. The SMILES string of the molecule is COc1ccc2c(c1)CCCN2C(=O)CN1CCNC[C@@H]1C.Cl. The lowest BCUT2D eigenvalue weighted by molar-refractivity contribution is -0.120. The van der Waals surface area contributed by atoms with Crippen LogP contribution in [-0.2, 0) is 11.2 Å². The van der Waals surface area contributed by atoms with Crippen molar-refractivity contribution >= 4 is 24.0 Å². The molecule has 6 heteroatoms. The molecule has 3 rings (SSSR count). The number of hydrogen-bond donors (Lipinski definition) is 1. The molecule has 0 unspecified atom stereocenters. The number of halogens is 1. The van der Waals surface area contributed by atoms with E-state index in [-0.39, 0.29) is 18.3 Å². The zero-order valence-corrected chi connectivity index (χ0v) is 14.7. The second-order valence-corrected chi connectivity index (χ2v) is 6.17. The first-order valence-corrected chi connectivity index (χ1v) is 8.11. The van der Waals surface area contributed by atoms with Gasteiger partial charge in [-0.15, -0.1) is 12.4 Å². The van der Waals surface area contributed by atoms with Gasteiger partial charge in [-0.1, -0.05) is 0 Å². The van der Waals surface area contributed by atoms with Gasteiger partial charge >= 0.3 is 0 Å². The number of ether oxygens (including phenoxy) is 1. The Morgan fingerprint density at radius 1 is 1.39 bits per heavy atom. The first-order chi connectivity index (χ1) is 10.7. The first-order valence-electron chi connectivity index (χ1n) is 8.11. The van der Waals surface area contributed by atoms with E-state index in [0.29, 0.717) is 12.6 Å². The molecule has 1 amide bonds. The largest absolute Gasteiger partial charge is 0.497 e. The summed E-state index contributed by atoms with van der Waals surface area (Å²) in [6, 6.07) is 6.43. The van der Waals surface area contributed by atoms with Crippen LogP contribution in [0.3, 0.4) is 0 Å². The third-order valence-electron chi connectivity index (χ3n) is 4.68. The van der Waals surface area contributed by atoms with Crippen molar-refractivity contribution in [3.05, 3.63) is 23.8 Å². The van der Waals surface area contributed by atoms with Crippen LogP contribution in [0.1, 0.15) is 18.9 Å². The van der Waals surface area contributed by atoms with Crippen molar-refractivity contribution in [3.8, 4) is 5.75 Å². The summed E-state index contributed by atoms with van der Waals surface area (Å²) >= 11 is 0. The van der Waals surface area contributed by atoms with Crippen LogP contribution in [0.5, 0.6) is 5.75 Å². The third kappa shape index (κ3) is 3.97. The monoisotopic (exact) mass is 339 g/mol. The third-order valence-corrected chi connectivity index (χ3v) is 4.68. The van der Waals surface area contributed by atoms with E-state index >= 15 is 0 Å². The maximum Gasteiger partial charge on any atom is 0.241 e. The lowest BCUT2D eigenvalue weighted by Crippen LogP contribution is -2.53. The zero-order valence-electron chi connectivity index (χ0n) is 13.9. The van der Waals surface area contributed by atoms with Crippen LogP contribution in [-0.4, -0.2) is 56.7 Å². The number of nitrogens with zero attached hydrogens (tertiary/aromatic N) is 2. The molecule has 2 aliphatic rings. The summed E-state index contributed by atoms with van der Waals surface area (Å²) < 4.78 is 5.29. The number of rotatable bonds is 3. The van der Waals surface area contributed by atoms with Crippen molar-refractivity contribution < 1.29 is 9.53 Å². The molecule has 0 radical (unpaired) electrons. The Kier molecular flexibility index (Phi) is 6.27. The summed E-state index contributed by atoms with van der Waals surface area (Å²) in [4.78, 5) is 17.0. The van der Waals surface area contributed by atoms with Crippen LogP contribution in [0.2, 0.25) is 0 Å². The number of nitrogens with one attached hydrogen (secondary N) is 1. The number of methoxy groups -OCH3 is 1. The second kappa shape index (κ2) is 7.99. The Morgan fingerprint density at radius 2 is 2.22 bits per heavy atom. The summed E-state index contributed by atoms with van der Waals surface area (Å²) in [5.41, 5.74) is 2.27. The fraction of sp³-hybridized carbons (Fsp3) is 0.588. The van der Waals surface area contributed by atoms with E-state index in [4.69, 9.17) is 4.74 Å². The van der Waals surface area contributed by atoms with Gasteiger partial charge in [0.15, 0.2) is 0 Å². The highest BCUT2D eigenvalue weighted by Gasteiger charge is 2.26. The number of carbonyl (C=O) groups is 1. The Morgan fingerprint density at radius 3 is 2.96 bits per heavy atom. The van der Waals surface area contributed by atoms with E-state index < -0.39 is 0 Å². The molecule has 0 spiro atoms. The minimum atomic E-state index is 0. The lowest BCUT2D eigenvalue weighted by Gasteiger charge is -2.36. The van der Waals surface area contributed by atoms with Crippen LogP contribution in [0.25, 0.3) is 0 Å². The molecule has 1 atom stereocenters. The number of anilines is 1. The van der Waals surface area contributed by atoms with Crippen molar-refractivity contribution in [2.24, 2.45) is 0 Å². The molecular weight excluding hydrogens is 314 g/mol. The number of amides is 1. The zero-order chi connectivity index (χ0) is 15.5. The van der Waals surface area contributed by atoms with Crippen LogP contribution >= 0.6 is 12.4 Å². The maximum atomic E-state index is 12.8. The van der Waals surface area contributed by atoms with E-state index in [9.17, 15) is 4.79 Å². The van der Waals surface area contributed by atoms with Gasteiger partial charge in [0.25, 0.3) is 0 Å². The van der Waals surface area contributed by atoms with Crippen molar-refractivity contribution in [2.45, 2.75) is 25.8 Å². The maximum absolute atomic E-state index is 12.8. The lowest BCUT2D eigenvalue weighted by atomic mass is 10.0. The van der Waals surface area contributed by atoms with Crippen molar-refractivity contribution in [1.29, 1.82) is 0 Å². The first kappa shape index (κ1) is 18.0. The second-order valence-electron chi connectivity index (χ2n) is 6.17. The Hall–Kier alpha value is -1.30. The number of carbonyl (C=O) groups excluding carboxylic acids is 1. The Balaban J connectivity index is 0.00000192. The molecule has 2 aliphatic heterocycles. The Bertz CT molecular complexity index is 553. The molecule has 1 aromatic carbocycles. The molecule has 1 aromatic rings. The molecule has 5 nitrogen and oxygen atoms in total. The van der Waals surface area contributed by atoms with Gasteiger partial charge in [0.05, 0.1) is 13.7 Å². The van der Waals surface area contributed by atoms with Crippen LogP contribution < -0.4 is 15.0 Å². The van der Waals surface area contributed by atoms with E-state index in [0.717, 1.165) is 50.5 Å². The van der Waals surface area contributed by atoms with Gasteiger partial charge in [0.2, 0.25) is 5.91 Å². The predicted octanol–water partition coefficient (Wildman–Crippen LogP) is 1.69. The van der Waals surface area contributed by atoms with Gasteiger partial charge in [-0.3, -0.25) is 9.69 Å². The quantitative estimate of drug-likeness (QED) is 0.910. The topological polar surface area (TPSA) is 44.8 Å². The minimum absolute atomic E-state index is 0. The van der Waals surface area contributed by atoms with Gasteiger partial charge in [-0.05, 0) is 43.5 Å². The minimum Gasteiger partial charge on any atom is -0.497 e. The molecule has 0 aliphatic carbocycles. The Labute approximate surface area is 144 Å². The van der Waals surface area contributed by atoms with E-state index in [1.54, 1.807) is 7.11 Å². The average Bonchev–Trinajstić information content (AvgIpc) is 2.55. The smallest absolute Gasteiger partial charge is 0.241 e. The van der Waals surface area contributed by atoms with E-state index in [2.05, 4.69) is 23.2 Å². The average molecular weight is 340 g/mol. The summed E-state index contributed by atoms with van der Waals surface area (Å²) in [5.74, 6) is 1.07. The van der Waals surface area contributed by atoms with Crippen LogP contribution in [0.4, 0.5) is 5.69 Å². The number of aryl methyl sites for hydroxylation is 1. The summed E-state index contributed by atoms with van der Waals surface area (Å²) in [6.45, 7) is 6.37. The molecule has 1 fully saturated rings. The molecule has 0 aromatic heterocycles. The number of piperazine rings is 1. The van der Waals surface area contributed by atoms with Gasteiger partial charge in [0.1, 0.15) is 5.75 Å². The number of benzene rings is 1. The number of hydrogen-bond acceptors (Lipinski definition) is 4. The number of fused-ring (bicyclic) bond motifs is 1. The summed E-state index contributed by atoms with van der Waals surface area (Å²) in [7, 11) is 1.68. The molecule has 1 saturated heterocycles.